The van der Waals surface area contributed by atoms with E-state index in [1.54, 1.807) is 0 Å². The summed E-state index contributed by atoms with van der Waals surface area (Å²) in [5.74, 6) is 0.785. The molecule has 1 atom stereocenters. The van der Waals surface area contributed by atoms with Crippen LogP contribution in [0.25, 0.3) is 0 Å². The monoisotopic (exact) mass is 237 g/mol. The number of ether oxygens (including phenoxy) is 1. The van der Waals surface area contributed by atoms with Gasteiger partial charge < -0.3 is 10.1 Å². The van der Waals surface area contributed by atoms with Crippen LogP contribution in [-0.4, -0.2) is 29.5 Å². The predicted molar refractivity (Wildman–Crippen MR) is 67.8 cm³/mol. The molecule has 1 aliphatic rings. The third-order valence-electron chi connectivity index (χ3n) is 3.49. The summed E-state index contributed by atoms with van der Waals surface area (Å²) in [7, 11) is 1.97. The van der Waals surface area contributed by atoms with Crippen LogP contribution >= 0.6 is 0 Å². The third-order valence-corrected chi connectivity index (χ3v) is 3.49. The van der Waals surface area contributed by atoms with Crippen molar-refractivity contribution in [3.05, 3.63) is 18.0 Å². The fraction of sp³-hybridized carbons (Fsp3) is 0.769. The lowest BCUT2D eigenvalue weighted by Gasteiger charge is -2.26. The number of nitrogens with zero attached hydrogens (tertiary/aromatic N) is 2. The fourth-order valence-electron chi connectivity index (χ4n) is 2.52. The first-order valence-electron chi connectivity index (χ1n) is 6.59. The van der Waals surface area contributed by atoms with Crippen LogP contribution in [0, 0.1) is 5.92 Å². The maximum absolute atomic E-state index is 5.41. The first-order chi connectivity index (χ1) is 8.29. The molecule has 1 saturated heterocycles. The van der Waals surface area contributed by atoms with E-state index in [2.05, 4.69) is 23.5 Å². The largest absolute Gasteiger partial charge is 0.381 e. The molecule has 0 bridgehead atoms. The average Bonchev–Trinajstić information content (AvgIpc) is 2.77. The summed E-state index contributed by atoms with van der Waals surface area (Å²) >= 11 is 0. The first-order valence-corrected chi connectivity index (χ1v) is 6.59. The molecular weight excluding hydrogens is 214 g/mol. The smallest absolute Gasteiger partial charge is 0.0537 e. The van der Waals surface area contributed by atoms with Crippen LogP contribution in [0.3, 0.4) is 0 Å². The second-order valence-electron chi connectivity index (χ2n) is 4.85. The quantitative estimate of drug-likeness (QED) is 0.850. The molecule has 2 heterocycles. The molecule has 2 rings (SSSR count). The zero-order valence-corrected chi connectivity index (χ0v) is 10.9. The highest BCUT2D eigenvalue weighted by molar-refractivity contribution is 5.10. The Bertz CT molecular complexity index is 331. The van der Waals surface area contributed by atoms with E-state index < -0.39 is 0 Å². The maximum atomic E-state index is 5.41. The summed E-state index contributed by atoms with van der Waals surface area (Å²) < 4.78 is 7.29. The normalized spacial score (nSPS) is 19.4. The molecule has 1 aliphatic heterocycles. The summed E-state index contributed by atoms with van der Waals surface area (Å²) in [6, 6.07) is 0.441. The van der Waals surface area contributed by atoms with Crippen molar-refractivity contribution in [3.8, 4) is 0 Å². The number of hydrogen-bond donors (Lipinski definition) is 1. The van der Waals surface area contributed by atoms with Gasteiger partial charge in [-0.05, 0) is 31.7 Å². The SMILES string of the molecule is CCNC(CC1CCOCC1)c1cnn(C)c1. The van der Waals surface area contributed by atoms with Crippen LogP contribution in [0.1, 0.15) is 37.8 Å². The van der Waals surface area contributed by atoms with Crippen molar-refractivity contribution in [1.82, 2.24) is 15.1 Å². The lowest BCUT2D eigenvalue weighted by Crippen LogP contribution is -2.26. The van der Waals surface area contributed by atoms with Gasteiger partial charge in [0, 0.05) is 38.1 Å². The van der Waals surface area contributed by atoms with Crippen LogP contribution in [-0.2, 0) is 11.8 Å². The molecule has 4 heteroatoms. The Balaban J connectivity index is 1.96. The van der Waals surface area contributed by atoms with Crippen molar-refractivity contribution >= 4 is 0 Å². The summed E-state index contributed by atoms with van der Waals surface area (Å²) in [5.41, 5.74) is 1.31. The number of aromatic nitrogens is 2. The van der Waals surface area contributed by atoms with Crippen LogP contribution in [0.4, 0.5) is 0 Å². The Morgan fingerprint density at radius 2 is 2.29 bits per heavy atom. The molecule has 0 aromatic carbocycles. The highest BCUT2D eigenvalue weighted by atomic mass is 16.5. The molecule has 0 amide bonds. The van der Waals surface area contributed by atoms with E-state index >= 15 is 0 Å². The summed E-state index contributed by atoms with van der Waals surface area (Å²) in [5, 5.41) is 7.83. The van der Waals surface area contributed by atoms with Gasteiger partial charge in [-0.25, -0.2) is 0 Å². The fourth-order valence-corrected chi connectivity index (χ4v) is 2.52. The number of aryl methyl sites for hydroxylation is 1. The van der Waals surface area contributed by atoms with Crippen molar-refractivity contribution < 1.29 is 4.74 Å². The van der Waals surface area contributed by atoms with Crippen LogP contribution in [0.5, 0.6) is 0 Å². The molecule has 1 aromatic heterocycles. The third kappa shape index (κ3) is 3.54. The number of nitrogens with one attached hydrogen (secondary N) is 1. The molecule has 0 saturated carbocycles. The van der Waals surface area contributed by atoms with Gasteiger partial charge in [0.2, 0.25) is 0 Å². The van der Waals surface area contributed by atoms with Crippen molar-refractivity contribution in [1.29, 1.82) is 0 Å². The number of rotatable bonds is 5. The van der Waals surface area contributed by atoms with E-state index in [1.807, 2.05) is 17.9 Å². The Morgan fingerprint density at radius 1 is 1.53 bits per heavy atom. The summed E-state index contributed by atoms with van der Waals surface area (Å²) in [4.78, 5) is 0. The van der Waals surface area contributed by atoms with Gasteiger partial charge in [0.15, 0.2) is 0 Å². The van der Waals surface area contributed by atoms with Gasteiger partial charge >= 0.3 is 0 Å². The molecule has 0 radical (unpaired) electrons. The highest BCUT2D eigenvalue weighted by Crippen LogP contribution is 2.27. The second kappa shape index (κ2) is 6.17. The molecule has 96 valence electrons. The minimum atomic E-state index is 0.441. The molecule has 0 aliphatic carbocycles. The lowest BCUT2D eigenvalue weighted by atomic mass is 9.90. The van der Waals surface area contributed by atoms with Gasteiger partial charge in [0.05, 0.1) is 6.20 Å². The van der Waals surface area contributed by atoms with Crippen molar-refractivity contribution in [2.24, 2.45) is 13.0 Å². The van der Waals surface area contributed by atoms with Gasteiger partial charge in [-0.15, -0.1) is 0 Å². The number of hydrogen-bond acceptors (Lipinski definition) is 3. The zero-order valence-electron chi connectivity index (χ0n) is 10.9. The minimum absolute atomic E-state index is 0.441. The zero-order chi connectivity index (χ0) is 12.1. The van der Waals surface area contributed by atoms with Crippen molar-refractivity contribution in [2.45, 2.75) is 32.2 Å². The van der Waals surface area contributed by atoms with Crippen LogP contribution in [0.2, 0.25) is 0 Å². The molecule has 0 spiro atoms. The van der Waals surface area contributed by atoms with E-state index in [0.717, 1.165) is 25.7 Å². The van der Waals surface area contributed by atoms with E-state index in [1.165, 1.54) is 24.8 Å². The molecule has 1 aromatic rings. The second-order valence-corrected chi connectivity index (χ2v) is 4.85. The predicted octanol–water partition coefficient (Wildman–Crippen LogP) is 1.89. The Hall–Kier alpha value is -0.870. The maximum Gasteiger partial charge on any atom is 0.0537 e. The molecular formula is C13H23N3O. The Labute approximate surface area is 103 Å². The Morgan fingerprint density at radius 3 is 2.88 bits per heavy atom. The highest BCUT2D eigenvalue weighted by Gasteiger charge is 2.20. The van der Waals surface area contributed by atoms with Crippen LogP contribution < -0.4 is 5.32 Å². The molecule has 1 unspecified atom stereocenters. The molecule has 1 fully saturated rings. The molecule has 17 heavy (non-hydrogen) atoms. The van der Waals surface area contributed by atoms with E-state index in [4.69, 9.17) is 4.74 Å². The molecule has 1 N–H and O–H groups in total. The summed E-state index contributed by atoms with van der Waals surface area (Å²) in [6.45, 7) is 5.02. The van der Waals surface area contributed by atoms with Gasteiger partial charge in [-0.1, -0.05) is 6.92 Å². The van der Waals surface area contributed by atoms with E-state index in [0.29, 0.717) is 6.04 Å². The van der Waals surface area contributed by atoms with E-state index in [-0.39, 0.29) is 0 Å². The van der Waals surface area contributed by atoms with Crippen LogP contribution in [0.15, 0.2) is 12.4 Å². The standard InChI is InChI=1S/C13H23N3O/c1-3-14-13(12-9-15-16(2)10-12)8-11-4-6-17-7-5-11/h9-11,13-14H,3-8H2,1-2H3. The lowest BCUT2D eigenvalue weighted by molar-refractivity contribution is 0.0606. The minimum Gasteiger partial charge on any atom is -0.381 e. The van der Waals surface area contributed by atoms with Gasteiger partial charge in [0.25, 0.3) is 0 Å². The van der Waals surface area contributed by atoms with E-state index in [9.17, 15) is 0 Å². The topological polar surface area (TPSA) is 39.1 Å². The van der Waals surface area contributed by atoms with Crippen molar-refractivity contribution in [2.75, 3.05) is 19.8 Å². The Kier molecular flexibility index (Phi) is 4.57. The molecule has 4 nitrogen and oxygen atoms in total. The average molecular weight is 237 g/mol. The van der Waals surface area contributed by atoms with Gasteiger partial charge in [-0.2, -0.15) is 5.10 Å². The van der Waals surface area contributed by atoms with Crippen molar-refractivity contribution in [3.63, 3.8) is 0 Å². The van der Waals surface area contributed by atoms with Gasteiger partial charge in [0.1, 0.15) is 0 Å². The first kappa shape index (κ1) is 12.6. The van der Waals surface area contributed by atoms with Gasteiger partial charge in [-0.3, -0.25) is 4.68 Å². The summed E-state index contributed by atoms with van der Waals surface area (Å²) in [6.07, 6.45) is 7.69.